The smallest absolute Gasteiger partial charge is 0.0511 e. The van der Waals surface area contributed by atoms with Gasteiger partial charge in [-0.2, -0.15) is 0 Å². The van der Waals surface area contributed by atoms with Gasteiger partial charge in [-0.3, -0.25) is 0 Å². The first kappa shape index (κ1) is 14.1. The zero-order chi connectivity index (χ0) is 13.8. The van der Waals surface area contributed by atoms with Gasteiger partial charge in [0.25, 0.3) is 0 Å². The van der Waals surface area contributed by atoms with Crippen molar-refractivity contribution in [3.05, 3.63) is 64.1 Å². The van der Waals surface area contributed by atoms with E-state index >= 15 is 0 Å². The average molecular weight is 319 g/mol. The van der Waals surface area contributed by atoms with Crippen LogP contribution in [0.4, 0.5) is 5.69 Å². The molecule has 1 atom stereocenters. The third-order valence-electron chi connectivity index (χ3n) is 3.17. The van der Waals surface area contributed by atoms with Gasteiger partial charge in [0.2, 0.25) is 0 Å². The van der Waals surface area contributed by atoms with E-state index in [1.807, 2.05) is 13.0 Å². The molecule has 0 heterocycles. The number of rotatable bonds is 4. The predicted molar refractivity (Wildman–Crippen MR) is 85.3 cm³/mol. The van der Waals surface area contributed by atoms with Crippen molar-refractivity contribution < 1.29 is 0 Å². The van der Waals surface area contributed by atoms with Crippen LogP contribution in [0.25, 0.3) is 0 Å². The summed E-state index contributed by atoms with van der Waals surface area (Å²) in [5, 5.41) is 0. The number of anilines is 1. The molecule has 0 aliphatic heterocycles. The van der Waals surface area contributed by atoms with E-state index in [1.165, 1.54) is 11.3 Å². The maximum absolute atomic E-state index is 5.90. The Balaban J connectivity index is 2.17. The molecule has 3 heteroatoms. The van der Waals surface area contributed by atoms with E-state index in [4.69, 9.17) is 5.73 Å². The van der Waals surface area contributed by atoms with Crippen LogP contribution >= 0.6 is 15.9 Å². The molecule has 0 saturated heterocycles. The zero-order valence-corrected chi connectivity index (χ0v) is 12.9. The van der Waals surface area contributed by atoms with Crippen LogP contribution in [0.2, 0.25) is 0 Å². The molecule has 0 aliphatic carbocycles. The van der Waals surface area contributed by atoms with Gasteiger partial charge in [-0.05, 0) is 46.1 Å². The Labute approximate surface area is 123 Å². The Kier molecular flexibility index (Phi) is 4.61. The lowest BCUT2D eigenvalue weighted by atomic mass is 10.1. The molecule has 19 heavy (non-hydrogen) atoms. The minimum Gasteiger partial charge on any atom is -0.369 e. The van der Waals surface area contributed by atoms with Crippen LogP contribution < -0.4 is 10.6 Å². The summed E-state index contributed by atoms with van der Waals surface area (Å²) < 4.78 is 1.08. The van der Waals surface area contributed by atoms with Crippen LogP contribution in [0.15, 0.2) is 53.0 Å². The number of nitrogens with two attached hydrogens (primary N) is 1. The molecule has 1 unspecified atom stereocenters. The third-order valence-corrected chi connectivity index (χ3v) is 3.81. The van der Waals surface area contributed by atoms with Gasteiger partial charge in [-0.15, -0.1) is 0 Å². The predicted octanol–water partition coefficient (Wildman–Crippen LogP) is 4.11. The Morgan fingerprint density at radius 3 is 2.42 bits per heavy atom. The van der Waals surface area contributed by atoms with Crippen molar-refractivity contribution >= 4 is 21.6 Å². The van der Waals surface area contributed by atoms with Gasteiger partial charge in [0.1, 0.15) is 0 Å². The molecule has 0 amide bonds. The van der Waals surface area contributed by atoms with E-state index in [1.54, 1.807) is 0 Å². The highest BCUT2D eigenvalue weighted by Crippen LogP contribution is 2.29. The van der Waals surface area contributed by atoms with Crippen molar-refractivity contribution in [1.82, 2.24) is 0 Å². The highest BCUT2D eigenvalue weighted by molar-refractivity contribution is 9.10. The molecular weight excluding hydrogens is 300 g/mol. The molecule has 0 fully saturated rings. The van der Waals surface area contributed by atoms with E-state index in [-0.39, 0.29) is 6.04 Å². The molecule has 2 aromatic carbocycles. The van der Waals surface area contributed by atoms with Crippen molar-refractivity contribution in [2.75, 3.05) is 11.9 Å². The van der Waals surface area contributed by atoms with Crippen molar-refractivity contribution in [2.45, 2.75) is 19.5 Å². The molecule has 0 spiro atoms. The third kappa shape index (κ3) is 3.58. The number of benzene rings is 2. The average Bonchev–Trinajstić information content (AvgIpc) is 2.39. The first-order valence-electron chi connectivity index (χ1n) is 6.38. The van der Waals surface area contributed by atoms with Crippen LogP contribution in [-0.2, 0) is 6.54 Å². The van der Waals surface area contributed by atoms with Crippen LogP contribution in [0, 0.1) is 0 Å². The first-order chi connectivity index (χ1) is 9.08. The zero-order valence-electron chi connectivity index (χ0n) is 11.3. The Morgan fingerprint density at radius 2 is 1.84 bits per heavy atom. The summed E-state index contributed by atoms with van der Waals surface area (Å²) in [6.07, 6.45) is 0. The molecule has 0 bridgehead atoms. The van der Waals surface area contributed by atoms with Crippen molar-refractivity contribution in [3.63, 3.8) is 0 Å². The summed E-state index contributed by atoms with van der Waals surface area (Å²) >= 11 is 3.63. The topological polar surface area (TPSA) is 29.3 Å². The van der Waals surface area contributed by atoms with Crippen molar-refractivity contribution in [1.29, 1.82) is 0 Å². The van der Waals surface area contributed by atoms with E-state index in [0.29, 0.717) is 0 Å². The second-order valence-electron chi connectivity index (χ2n) is 4.84. The van der Waals surface area contributed by atoms with Crippen LogP contribution in [0.1, 0.15) is 24.1 Å². The fourth-order valence-electron chi connectivity index (χ4n) is 2.06. The molecule has 100 valence electrons. The Morgan fingerprint density at radius 1 is 1.16 bits per heavy atom. The maximum Gasteiger partial charge on any atom is 0.0511 e. The Hall–Kier alpha value is -1.32. The molecular formula is C16H19BrN2. The first-order valence-corrected chi connectivity index (χ1v) is 7.17. The number of nitrogens with zero attached hydrogens (tertiary/aromatic N) is 1. The standard InChI is InChI=1S/C16H19BrN2/c1-12(18)14-8-9-16(15(17)10-14)19(2)11-13-6-4-3-5-7-13/h3-10,12H,11,18H2,1-2H3. The molecule has 0 aromatic heterocycles. The monoisotopic (exact) mass is 318 g/mol. The highest BCUT2D eigenvalue weighted by atomic mass is 79.9. The van der Waals surface area contributed by atoms with Crippen LogP contribution in [0.5, 0.6) is 0 Å². The summed E-state index contributed by atoms with van der Waals surface area (Å²) in [7, 11) is 2.10. The summed E-state index contributed by atoms with van der Waals surface area (Å²) in [6.45, 7) is 2.88. The summed E-state index contributed by atoms with van der Waals surface area (Å²) in [6, 6.07) is 16.8. The number of hydrogen-bond donors (Lipinski definition) is 1. The van der Waals surface area contributed by atoms with E-state index in [0.717, 1.165) is 16.6 Å². The van der Waals surface area contributed by atoms with Gasteiger partial charge < -0.3 is 10.6 Å². The molecule has 2 N–H and O–H groups in total. The maximum atomic E-state index is 5.90. The SMILES string of the molecule is CC(N)c1ccc(N(C)Cc2ccccc2)c(Br)c1. The number of halogens is 1. The molecule has 0 radical (unpaired) electrons. The quantitative estimate of drug-likeness (QED) is 0.919. The molecule has 2 nitrogen and oxygen atoms in total. The van der Waals surface area contributed by atoms with Gasteiger partial charge in [-0.1, -0.05) is 36.4 Å². The fraction of sp³-hybridized carbons (Fsp3) is 0.250. The fourth-order valence-corrected chi connectivity index (χ4v) is 2.76. The van der Waals surface area contributed by atoms with Gasteiger partial charge in [-0.25, -0.2) is 0 Å². The lowest BCUT2D eigenvalue weighted by molar-refractivity contribution is 0.816. The van der Waals surface area contributed by atoms with Crippen molar-refractivity contribution in [3.8, 4) is 0 Å². The minimum absolute atomic E-state index is 0.0600. The molecule has 2 aromatic rings. The van der Waals surface area contributed by atoms with Gasteiger partial charge in [0, 0.05) is 24.1 Å². The summed E-state index contributed by atoms with van der Waals surface area (Å²) in [5.74, 6) is 0. The van der Waals surface area contributed by atoms with E-state index < -0.39 is 0 Å². The molecule has 2 rings (SSSR count). The Bertz CT molecular complexity index is 538. The number of hydrogen-bond acceptors (Lipinski definition) is 2. The second kappa shape index (κ2) is 6.22. The summed E-state index contributed by atoms with van der Waals surface area (Å²) in [5.41, 5.74) is 9.51. The van der Waals surface area contributed by atoms with Gasteiger partial charge in [0.15, 0.2) is 0 Å². The largest absolute Gasteiger partial charge is 0.369 e. The van der Waals surface area contributed by atoms with Gasteiger partial charge >= 0.3 is 0 Å². The minimum atomic E-state index is 0.0600. The highest BCUT2D eigenvalue weighted by Gasteiger charge is 2.08. The van der Waals surface area contributed by atoms with E-state index in [2.05, 4.69) is 70.3 Å². The van der Waals surface area contributed by atoms with Gasteiger partial charge in [0.05, 0.1) is 5.69 Å². The van der Waals surface area contributed by atoms with Crippen LogP contribution in [-0.4, -0.2) is 7.05 Å². The lowest BCUT2D eigenvalue weighted by Gasteiger charge is -2.22. The van der Waals surface area contributed by atoms with Crippen molar-refractivity contribution in [2.24, 2.45) is 5.73 Å². The molecule has 0 saturated carbocycles. The molecule has 0 aliphatic rings. The normalized spacial score (nSPS) is 12.2. The van der Waals surface area contributed by atoms with Crippen LogP contribution in [0.3, 0.4) is 0 Å². The van der Waals surface area contributed by atoms with E-state index in [9.17, 15) is 0 Å². The second-order valence-corrected chi connectivity index (χ2v) is 5.70. The lowest BCUT2D eigenvalue weighted by Crippen LogP contribution is -2.17. The summed E-state index contributed by atoms with van der Waals surface area (Å²) in [4.78, 5) is 2.23.